The molecule has 0 aromatic heterocycles. The molecule has 1 N–H and O–H groups in total. The quantitative estimate of drug-likeness (QED) is 0.331. The Bertz CT molecular complexity index is 141. The van der Waals surface area contributed by atoms with E-state index in [0.717, 1.165) is 6.26 Å². The number of rotatable bonds is 0. The molecule has 3 heteroatoms. The lowest BCUT2D eigenvalue weighted by Gasteiger charge is -1.61. The van der Waals surface area contributed by atoms with Crippen LogP contribution in [0.4, 0.5) is 0 Å². The summed E-state index contributed by atoms with van der Waals surface area (Å²) >= 11 is 0. The smallest absolute Gasteiger partial charge is 0.485 e. The van der Waals surface area contributed by atoms with Crippen molar-refractivity contribution in [2.75, 3.05) is 0 Å². The van der Waals surface area contributed by atoms with Gasteiger partial charge in [0, 0.05) is 0 Å². The first-order valence-electron chi connectivity index (χ1n) is 1.40. The van der Waals surface area contributed by atoms with Crippen LogP contribution in [0.15, 0.2) is 17.1 Å². The van der Waals surface area contributed by atoms with Gasteiger partial charge in [-0.1, -0.05) is 4.99 Å². The second-order valence-corrected chi connectivity index (χ2v) is 0.797. The summed E-state index contributed by atoms with van der Waals surface area (Å²) in [5, 5.41) is 8.24. The van der Waals surface area contributed by atoms with Crippen LogP contribution in [0.3, 0.4) is 0 Å². The Hall–Kier alpha value is -1.08. The molecule has 6 heavy (non-hydrogen) atoms. The highest BCUT2D eigenvalue weighted by Crippen LogP contribution is 1.88. The van der Waals surface area contributed by atoms with Gasteiger partial charge in [0.1, 0.15) is 0 Å². The molecule has 0 aromatic rings. The third-order valence-electron chi connectivity index (χ3n) is 0.377. The van der Waals surface area contributed by atoms with Crippen molar-refractivity contribution in [3.63, 3.8) is 0 Å². The molecule has 3 nitrogen and oxygen atoms in total. The molecule has 0 atom stereocenters. The SMILES string of the molecule is OC1=C[O+]=C=N1. The number of carbonyl (C=O) groups excluding carboxylic acids is 1. The molecule has 0 saturated heterocycles. The zero-order valence-corrected chi connectivity index (χ0v) is 2.88. The molecule has 0 amide bonds. The molecular formula is C3H2NO2+. The van der Waals surface area contributed by atoms with Crippen molar-refractivity contribution in [1.82, 2.24) is 0 Å². The maximum atomic E-state index is 8.24. The van der Waals surface area contributed by atoms with Crippen LogP contribution < -0.4 is 0 Å². The molecule has 0 saturated carbocycles. The van der Waals surface area contributed by atoms with E-state index in [-0.39, 0.29) is 5.88 Å². The molecule has 30 valence electrons. The molecule has 1 aliphatic heterocycles. The topological polar surface area (TPSA) is 43.9 Å². The van der Waals surface area contributed by atoms with Gasteiger partial charge in [-0.2, -0.15) is 0 Å². The first-order chi connectivity index (χ1) is 2.89. The Kier molecular flexibility index (Phi) is 0.496. The number of nitrogens with zero attached hydrogens (tertiary/aromatic N) is 1. The summed E-state index contributed by atoms with van der Waals surface area (Å²) in [5.41, 5.74) is 0. The third-order valence-corrected chi connectivity index (χ3v) is 0.377. The predicted octanol–water partition coefficient (Wildman–Crippen LogP) is 0.228. The Morgan fingerprint density at radius 1 is 2.00 bits per heavy atom. The van der Waals surface area contributed by atoms with Crippen molar-refractivity contribution in [1.29, 1.82) is 0 Å². The van der Waals surface area contributed by atoms with Gasteiger partial charge in [-0.3, -0.25) is 0 Å². The maximum Gasteiger partial charge on any atom is 0.485 e. The van der Waals surface area contributed by atoms with E-state index in [2.05, 4.69) is 15.5 Å². The summed E-state index contributed by atoms with van der Waals surface area (Å²) in [6.07, 6.45) is 3.15. The van der Waals surface area contributed by atoms with Crippen molar-refractivity contribution in [3.05, 3.63) is 12.1 Å². The fourth-order valence-corrected chi connectivity index (χ4v) is 0.179. The third kappa shape index (κ3) is 0.307. The molecule has 1 rings (SSSR count). The van der Waals surface area contributed by atoms with Crippen LogP contribution in [-0.4, -0.2) is 11.2 Å². The molecule has 1 aliphatic rings. The van der Waals surface area contributed by atoms with Gasteiger partial charge in [0.05, 0.1) is 0 Å². The Morgan fingerprint density at radius 2 is 2.83 bits per heavy atom. The van der Waals surface area contributed by atoms with E-state index in [0.29, 0.717) is 0 Å². The minimum absolute atomic E-state index is 0.130. The number of hydrogen-bond donors (Lipinski definition) is 1. The van der Waals surface area contributed by atoms with E-state index in [1.54, 1.807) is 0 Å². The molecular weight excluding hydrogens is 82.0 g/mol. The van der Waals surface area contributed by atoms with Crippen LogP contribution in [0.2, 0.25) is 0 Å². The molecule has 0 aliphatic carbocycles. The summed E-state index contributed by atoms with van der Waals surface area (Å²) in [7, 11) is 0. The lowest BCUT2D eigenvalue weighted by atomic mass is 10.9. The number of aliphatic imine (C=N–C) groups is 1. The van der Waals surface area contributed by atoms with Gasteiger partial charge in [0.15, 0.2) is 0 Å². The van der Waals surface area contributed by atoms with Crippen LogP contribution in [0, 0.1) is 0 Å². The first-order valence-corrected chi connectivity index (χ1v) is 1.40. The van der Waals surface area contributed by atoms with Gasteiger partial charge >= 0.3 is 18.2 Å². The average Bonchev–Trinajstić information content (AvgIpc) is 1.86. The minimum Gasteiger partial charge on any atom is -0.486 e. The zero-order valence-electron chi connectivity index (χ0n) is 2.88. The van der Waals surface area contributed by atoms with Gasteiger partial charge in [-0.25, -0.2) is 0 Å². The van der Waals surface area contributed by atoms with E-state index in [1.807, 2.05) is 0 Å². The standard InChI is InChI=1S/C3HNO2/c5-3-1-6-2-4-3/h1H/p+1. The van der Waals surface area contributed by atoms with Crippen LogP contribution >= 0.6 is 0 Å². The van der Waals surface area contributed by atoms with Crippen molar-refractivity contribution in [2.24, 2.45) is 4.99 Å². The first kappa shape index (κ1) is 3.12. The summed E-state index contributed by atoms with van der Waals surface area (Å²) in [6, 6.07) is 0. The van der Waals surface area contributed by atoms with E-state index in [4.69, 9.17) is 5.11 Å². The van der Waals surface area contributed by atoms with Crippen molar-refractivity contribution < 1.29 is 9.53 Å². The number of aliphatic hydroxyl groups is 1. The molecule has 0 bridgehead atoms. The summed E-state index contributed by atoms with van der Waals surface area (Å²) in [4.78, 5) is 3.18. The normalized spacial score (nSPS) is 15.7. The Morgan fingerprint density at radius 3 is 3.00 bits per heavy atom. The fourth-order valence-electron chi connectivity index (χ4n) is 0.179. The van der Waals surface area contributed by atoms with E-state index in [1.165, 1.54) is 0 Å². The fraction of sp³-hybridized carbons (Fsp3) is 0. The number of aliphatic hydroxyl groups excluding tert-OH is 1. The van der Waals surface area contributed by atoms with E-state index < -0.39 is 0 Å². The highest BCUT2D eigenvalue weighted by atomic mass is 16.4. The lowest BCUT2D eigenvalue weighted by Crippen LogP contribution is -1.62. The van der Waals surface area contributed by atoms with Crippen LogP contribution in [0.1, 0.15) is 0 Å². The van der Waals surface area contributed by atoms with Crippen molar-refractivity contribution in [2.45, 2.75) is 0 Å². The monoisotopic (exact) mass is 84.0 g/mol. The zero-order chi connectivity index (χ0) is 4.41. The number of isocyanates is 1. The van der Waals surface area contributed by atoms with Crippen LogP contribution in [0.25, 0.3) is 0 Å². The minimum atomic E-state index is -0.130. The van der Waals surface area contributed by atoms with Crippen molar-refractivity contribution in [3.8, 4) is 0 Å². The molecule has 0 aromatic carbocycles. The molecule has 0 radical (unpaired) electrons. The van der Waals surface area contributed by atoms with Gasteiger partial charge in [0.25, 0.3) is 0 Å². The van der Waals surface area contributed by atoms with Crippen molar-refractivity contribution >= 4 is 6.08 Å². The Labute approximate surface area is 33.9 Å². The Balaban J connectivity index is 2.88. The summed E-state index contributed by atoms with van der Waals surface area (Å²) in [5.74, 6) is -0.130. The number of hydrogen-bond acceptors (Lipinski definition) is 2. The van der Waals surface area contributed by atoms with Gasteiger partial charge in [-0.15, -0.1) is 4.42 Å². The van der Waals surface area contributed by atoms with E-state index in [9.17, 15) is 0 Å². The van der Waals surface area contributed by atoms with Gasteiger partial charge < -0.3 is 5.11 Å². The molecule has 0 fully saturated rings. The van der Waals surface area contributed by atoms with Crippen LogP contribution in [0.5, 0.6) is 0 Å². The lowest BCUT2D eigenvalue weighted by molar-refractivity contribution is 0.241. The molecule has 1 heterocycles. The predicted molar refractivity (Wildman–Crippen MR) is 18.8 cm³/mol. The molecule has 0 unspecified atom stereocenters. The summed E-state index contributed by atoms with van der Waals surface area (Å²) in [6.45, 7) is 0. The van der Waals surface area contributed by atoms with Gasteiger partial charge in [-0.05, 0) is 0 Å². The molecule has 0 spiro atoms. The van der Waals surface area contributed by atoms with Crippen LogP contribution in [-0.2, 0) is 4.42 Å². The maximum absolute atomic E-state index is 8.24. The van der Waals surface area contributed by atoms with Gasteiger partial charge in [0.2, 0.25) is 0 Å². The largest absolute Gasteiger partial charge is 0.486 e. The average molecular weight is 84.1 g/mol. The second-order valence-electron chi connectivity index (χ2n) is 0.797. The highest BCUT2D eigenvalue weighted by Gasteiger charge is 1.99. The van der Waals surface area contributed by atoms with E-state index >= 15 is 0 Å². The second kappa shape index (κ2) is 0.954. The highest BCUT2D eigenvalue weighted by molar-refractivity contribution is 5.39. The summed E-state index contributed by atoms with van der Waals surface area (Å²) < 4.78 is 4.23.